The molecule has 0 radical (unpaired) electrons. The Kier molecular flexibility index (Phi) is 5.70. The Balaban J connectivity index is 1.97. The number of primary amides is 1. The molecule has 1 atom stereocenters. The van der Waals surface area contributed by atoms with Crippen molar-refractivity contribution in [1.82, 2.24) is 14.8 Å². The number of aromatic nitrogens is 1. The van der Waals surface area contributed by atoms with E-state index in [9.17, 15) is 9.59 Å². The lowest BCUT2D eigenvalue weighted by Gasteiger charge is -2.34. The lowest BCUT2D eigenvalue weighted by molar-refractivity contribution is -0.119. The predicted octanol–water partition coefficient (Wildman–Crippen LogP) is -0.00690. The first-order valence-corrected chi connectivity index (χ1v) is 7.32. The van der Waals surface area contributed by atoms with Gasteiger partial charge in [-0.2, -0.15) is 0 Å². The van der Waals surface area contributed by atoms with Crippen molar-refractivity contribution < 1.29 is 14.3 Å². The summed E-state index contributed by atoms with van der Waals surface area (Å²) in [7, 11) is 1.79. The van der Waals surface area contributed by atoms with Gasteiger partial charge in [0.15, 0.2) is 0 Å². The van der Waals surface area contributed by atoms with E-state index in [1.54, 1.807) is 22.9 Å². The molecular formula is C14H19ClN4O3. The highest BCUT2D eigenvalue weighted by Gasteiger charge is 2.27. The number of nitrogens with two attached hydrogens (primary N) is 1. The number of nitrogens with zero attached hydrogens (tertiary/aromatic N) is 3. The highest BCUT2D eigenvalue weighted by Crippen LogP contribution is 2.17. The minimum absolute atomic E-state index is 0.141. The van der Waals surface area contributed by atoms with Crippen LogP contribution in [0.15, 0.2) is 18.5 Å². The molecule has 0 saturated carbocycles. The Morgan fingerprint density at radius 3 is 3.05 bits per heavy atom. The van der Waals surface area contributed by atoms with Crippen LogP contribution in [0.1, 0.15) is 10.4 Å². The summed E-state index contributed by atoms with van der Waals surface area (Å²) in [4.78, 5) is 30.8. The molecule has 0 aliphatic carbocycles. The van der Waals surface area contributed by atoms with Gasteiger partial charge in [0.25, 0.3) is 5.91 Å². The number of hydrogen-bond acceptors (Lipinski definition) is 5. The summed E-state index contributed by atoms with van der Waals surface area (Å²) in [6, 6.07) is 1.61. The summed E-state index contributed by atoms with van der Waals surface area (Å²) in [6.07, 6.45) is 2.83. The lowest BCUT2D eigenvalue weighted by atomic mass is 10.2. The summed E-state index contributed by atoms with van der Waals surface area (Å²) in [5.41, 5.74) is 5.59. The van der Waals surface area contributed by atoms with Crippen LogP contribution in [0.3, 0.4) is 0 Å². The number of rotatable bonds is 5. The average Bonchev–Trinajstić information content (AvgIpc) is 2.46. The molecule has 1 aromatic heterocycles. The van der Waals surface area contributed by atoms with Gasteiger partial charge in [0, 0.05) is 32.0 Å². The van der Waals surface area contributed by atoms with Gasteiger partial charge < -0.3 is 15.4 Å². The van der Waals surface area contributed by atoms with Crippen LogP contribution < -0.4 is 5.73 Å². The average molecular weight is 327 g/mol. The van der Waals surface area contributed by atoms with E-state index in [0.29, 0.717) is 36.8 Å². The zero-order valence-electron chi connectivity index (χ0n) is 12.4. The van der Waals surface area contributed by atoms with E-state index in [1.807, 2.05) is 0 Å². The van der Waals surface area contributed by atoms with Crippen molar-refractivity contribution in [2.75, 3.05) is 39.8 Å². The first-order chi connectivity index (χ1) is 10.5. The van der Waals surface area contributed by atoms with E-state index in [0.717, 1.165) is 0 Å². The quantitative estimate of drug-likeness (QED) is 0.822. The maximum absolute atomic E-state index is 12.5. The molecule has 1 fully saturated rings. The van der Waals surface area contributed by atoms with Crippen LogP contribution in [-0.4, -0.2) is 72.5 Å². The minimum atomic E-state index is -0.394. The van der Waals surface area contributed by atoms with E-state index in [1.165, 1.54) is 12.4 Å². The Hall–Kier alpha value is -1.70. The number of morpholine rings is 1. The molecule has 8 heteroatoms. The minimum Gasteiger partial charge on any atom is -0.373 e. The van der Waals surface area contributed by atoms with Crippen molar-refractivity contribution in [1.29, 1.82) is 0 Å². The molecule has 2 heterocycles. The van der Waals surface area contributed by atoms with Crippen LogP contribution in [0.5, 0.6) is 0 Å². The smallest absolute Gasteiger partial charge is 0.255 e. The zero-order chi connectivity index (χ0) is 16.1. The van der Waals surface area contributed by atoms with Crippen molar-refractivity contribution in [3.63, 3.8) is 0 Å². The van der Waals surface area contributed by atoms with Crippen LogP contribution in [-0.2, 0) is 9.53 Å². The fourth-order valence-corrected chi connectivity index (χ4v) is 2.61. The molecular weight excluding hydrogens is 308 g/mol. The summed E-state index contributed by atoms with van der Waals surface area (Å²) in [5, 5.41) is 0.335. The van der Waals surface area contributed by atoms with Gasteiger partial charge in [0.2, 0.25) is 5.91 Å². The van der Waals surface area contributed by atoms with Gasteiger partial charge in [0.1, 0.15) is 0 Å². The molecule has 2 rings (SSSR count). The van der Waals surface area contributed by atoms with Crippen LogP contribution in [0.25, 0.3) is 0 Å². The van der Waals surface area contributed by atoms with E-state index < -0.39 is 5.91 Å². The van der Waals surface area contributed by atoms with Gasteiger partial charge in [-0.05, 0) is 13.1 Å². The Morgan fingerprint density at radius 1 is 1.59 bits per heavy atom. The monoisotopic (exact) mass is 326 g/mol. The molecule has 7 nitrogen and oxygen atoms in total. The van der Waals surface area contributed by atoms with Crippen molar-refractivity contribution in [3.8, 4) is 0 Å². The summed E-state index contributed by atoms with van der Waals surface area (Å²) in [6.45, 7) is 2.08. The molecule has 0 bridgehead atoms. The normalized spacial score (nSPS) is 18.5. The van der Waals surface area contributed by atoms with Crippen molar-refractivity contribution in [2.24, 2.45) is 5.73 Å². The first kappa shape index (κ1) is 16.7. The summed E-state index contributed by atoms with van der Waals surface area (Å²) < 4.78 is 5.64. The number of amides is 2. The van der Waals surface area contributed by atoms with Crippen LogP contribution in [0.2, 0.25) is 5.02 Å². The Bertz CT molecular complexity index is 555. The first-order valence-electron chi connectivity index (χ1n) is 6.94. The number of likely N-dealkylation sites (N-methyl/N-ethyl adjacent to an activating group) is 1. The molecule has 22 heavy (non-hydrogen) atoms. The van der Waals surface area contributed by atoms with Crippen molar-refractivity contribution >= 4 is 23.4 Å². The fourth-order valence-electron chi connectivity index (χ4n) is 2.41. The zero-order valence-corrected chi connectivity index (χ0v) is 13.1. The number of carbonyl (C=O) groups excluding carboxylic acids is 2. The summed E-state index contributed by atoms with van der Waals surface area (Å²) >= 11 is 6.02. The van der Waals surface area contributed by atoms with E-state index in [-0.39, 0.29) is 18.6 Å². The van der Waals surface area contributed by atoms with Crippen LogP contribution in [0.4, 0.5) is 0 Å². The largest absolute Gasteiger partial charge is 0.373 e. The number of pyridine rings is 1. The molecule has 1 aliphatic heterocycles. The topological polar surface area (TPSA) is 88.8 Å². The lowest BCUT2D eigenvalue weighted by Crippen LogP contribution is -2.50. The predicted molar refractivity (Wildman–Crippen MR) is 81.6 cm³/mol. The number of hydrogen-bond donors (Lipinski definition) is 1. The molecule has 1 saturated heterocycles. The van der Waals surface area contributed by atoms with Crippen molar-refractivity contribution in [2.45, 2.75) is 6.10 Å². The molecule has 2 N–H and O–H groups in total. The van der Waals surface area contributed by atoms with Crippen LogP contribution in [0, 0.1) is 0 Å². The van der Waals surface area contributed by atoms with Gasteiger partial charge >= 0.3 is 0 Å². The number of ether oxygens (including phenoxy) is 1. The SMILES string of the molecule is CN(CC(N)=O)CC1CN(C(=O)c2ccncc2Cl)CCO1. The van der Waals surface area contributed by atoms with E-state index >= 15 is 0 Å². The van der Waals surface area contributed by atoms with Crippen molar-refractivity contribution in [3.05, 3.63) is 29.0 Å². The van der Waals surface area contributed by atoms with Gasteiger partial charge in [0.05, 0.1) is 29.8 Å². The second-order valence-corrected chi connectivity index (χ2v) is 5.67. The summed E-state index contributed by atoms with van der Waals surface area (Å²) in [5.74, 6) is -0.534. The standard InChI is InChI=1S/C14H19ClN4O3/c1-18(9-13(16)20)7-10-8-19(4-5-22-10)14(21)11-2-3-17-6-12(11)15/h2-3,6,10H,4-5,7-9H2,1H3,(H2,16,20). The third-order valence-corrected chi connectivity index (χ3v) is 3.67. The molecule has 2 amide bonds. The second-order valence-electron chi connectivity index (χ2n) is 5.26. The van der Waals surface area contributed by atoms with Crippen LogP contribution >= 0.6 is 11.6 Å². The van der Waals surface area contributed by atoms with E-state index in [2.05, 4.69) is 4.98 Å². The number of carbonyl (C=O) groups is 2. The van der Waals surface area contributed by atoms with Gasteiger partial charge in [-0.1, -0.05) is 11.6 Å². The molecule has 120 valence electrons. The molecule has 0 aromatic carbocycles. The van der Waals surface area contributed by atoms with Gasteiger partial charge in [-0.3, -0.25) is 19.5 Å². The third-order valence-electron chi connectivity index (χ3n) is 3.37. The highest BCUT2D eigenvalue weighted by atomic mass is 35.5. The molecule has 1 aromatic rings. The second kappa shape index (κ2) is 7.53. The third kappa shape index (κ3) is 4.40. The maximum atomic E-state index is 12.5. The maximum Gasteiger partial charge on any atom is 0.255 e. The molecule has 1 aliphatic rings. The number of halogens is 1. The van der Waals surface area contributed by atoms with Gasteiger partial charge in [-0.15, -0.1) is 0 Å². The fraction of sp³-hybridized carbons (Fsp3) is 0.500. The van der Waals surface area contributed by atoms with Gasteiger partial charge in [-0.25, -0.2) is 0 Å². The molecule has 1 unspecified atom stereocenters. The molecule has 0 spiro atoms. The van der Waals surface area contributed by atoms with E-state index in [4.69, 9.17) is 22.1 Å². The Labute approximate surface area is 134 Å². The Morgan fingerprint density at radius 2 is 2.36 bits per heavy atom. The highest BCUT2D eigenvalue weighted by molar-refractivity contribution is 6.33.